The normalized spacial score (nSPS) is 11.0. The zero-order chi connectivity index (χ0) is 21.0. The van der Waals surface area contributed by atoms with Crippen LogP contribution in [0, 0.1) is 0 Å². The van der Waals surface area contributed by atoms with Crippen molar-refractivity contribution in [2.75, 3.05) is 18.9 Å². The summed E-state index contributed by atoms with van der Waals surface area (Å²) in [5.74, 6) is -1.12. The summed E-state index contributed by atoms with van der Waals surface area (Å²) in [5, 5.41) is 0. The molecular weight excluding hydrogens is 400 g/mol. The maximum atomic E-state index is 12.9. The molecule has 0 aliphatic carbocycles. The summed E-state index contributed by atoms with van der Waals surface area (Å²) in [6.45, 7) is 0. The van der Waals surface area contributed by atoms with Crippen LogP contribution in [-0.2, 0) is 19.5 Å². The van der Waals surface area contributed by atoms with Crippen molar-refractivity contribution in [3.05, 3.63) is 66.2 Å². The molecule has 0 bridgehead atoms. The molecule has 3 rings (SSSR count). The number of hydrogen-bond acceptors (Lipinski definition) is 8. The standard InChI is InChI=1S/C19H16N2O7S/c1-26-18(22)13-6-14(19(23)27-2)9-16(8-13)29(24,25)21-15-5-3-4-12(7-15)17-10-20-11-28-17/h3-11,21H,1-2H3. The van der Waals surface area contributed by atoms with Gasteiger partial charge in [0.05, 0.1) is 36.4 Å². The molecule has 10 heteroatoms. The maximum Gasteiger partial charge on any atom is 0.337 e. The largest absolute Gasteiger partial charge is 0.465 e. The maximum absolute atomic E-state index is 12.9. The molecule has 1 N–H and O–H groups in total. The monoisotopic (exact) mass is 416 g/mol. The van der Waals surface area contributed by atoms with E-state index in [0.29, 0.717) is 11.3 Å². The summed E-state index contributed by atoms with van der Waals surface area (Å²) in [6, 6.07) is 9.89. The molecule has 0 spiro atoms. The fourth-order valence-electron chi connectivity index (χ4n) is 2.53. The zero-order valence-electron chi connectivity index (χ0n) is 15.4. The number of carbonyl (C=O) groups is 2. The molecular formula is C19H16N2O7S. The predicted octanol–water partition coefficient (Wildman–Crippen LogP) is 2.72. The van der Waals surface area contributed by atoms with Gasteiger partial charge in [0, 0.05) is 11.3 Å². The van der Waals surface area contributed by atoms with E-state index in [9.17, 15) is 18.0 Å². The van der Waals surface area contributed by atoms with Gasteiger partial charge in [0.15, 0.2) is 12.2 Å². The first-order chi connectivity index (χ1) is 13.8. The minimum Gasteiger partial charge on any atom is -0.465 e. The van der Waals surface area contributed by atoms with Crippen molar-refractivity contribution >= 4 is 27.6 Å². The molecule has 0 aliphatic rings. The second kappa shape index (κ2) is 8.15. The van der Waals surface area contributed by atoms with Crippen LogP contribution < -0.4 is 4.72 Å². The molecule has 0 amide bonds. The third-order valence-electron chi connectivity index (χ3n) is 3.89. The van der Waals surface area contributed by atoms with Crippen molar-refractivity contribution < 1.29 is 31.9 Å². The van der Waals surface area contributed by atoms with Gasteiger partial charge in [0.2, 0.25) is 0 Å². The van der Waals surface area contributed by atoms with Gasteiger partial charge in [-0.2, -0.15) is 0 Å². The number of oxazole rings is 1. The minimum absolute atomic E-state index is 0.105. The first-order valence-electron chi connectivity index (χ1n) is 8.17. The lowest BCUT2D eigenvalue weighted by molar-refractivity contribution is 0.0598. The first-order valence-corrected chi connectivity index (χ1v) is 9.66. The zero-order valence-corrected chi connectivity index (χ0v) is 16.2. The lowest BCUT2D eigenvalue weighted by atomic mass is 10.1. The Morgan fingerprint density at radius 2 is 1.66 bits per heavy atom. The molecule has 29 heavy (non-hydrogen) atoms. The number of esters is 2. The van der Waals surface area contributed by atoms with Crippen LogP contribution in [0.15, 0.2) is 64.4 Å². The quantitative estimate of drug-likeness (QED) is 0.608. The molecule has 3 aromatic rings. The summed E-state index contributed by atoms with van der Waals surface area (Å²) < 4.78 is 42.6. The second-order valence-corrected chi connectivity index (χ2v) is 7.46. The van der Waals surface area contributed by atoms with Gasteiger partial charge in [-0.25, -0.2) is 23.0 Å². The Morgan fingerprint density at radius 3 is 2.21 bits per heavy atom. The third-order valence-corrected chi connectivity index (χ3v) is 5.25. The number of ether oxygens (including phenoxy) is 2. The van der Waals surface area contributed by atoms with E-state index in [4.69, 9.17) is 4.42 Å². The number of anilines is 1. The molecule has 0 saturated carbocycles. The summed E-state index contributed by atoms with van der Waals surface area (Å²) in [4.78, 5) is 27.3. The third kappa shape index (κ3) is 4.43. The van der Waals surface area contributed by atoms with Crippen LogP contribution in [0.5, 0.6) is 0 Å². The average molecular weight is 416 g/mol. The number of rotatable bonds is 6. The highest BCUT2D eigenvalue weighted by Crippen LogP contribution is 2.25. The highest BCUT2D eigenvalue weighted by Gasteiger charge is 2.21. The van der Waals surface area contributed by atoms with Crippen LogP contribution in [0.3, 0.4) is 0 Å². The lowest BCUT2D eigenvalue weighted by Crippen LogP contribution is -2.16. The lowest BCUT2D eigenvalue weighted by Gasteiger charge is -2.11. The van der Waals surface area contributed by atoms with Crippen LogP contribution >= 0.6 is 0 Å². The summed E-state index contributed by atoms with van der Waals surface area (Å²) in [6.07, 6.45) is 2.76. The van der Waals surface area contributed by atoms with Crippen molar-refractivity contribution in [3.8, 4) is 11.3 Å². The van der Waals surface area contributed by atoms with E-state index < -0.39 is 22.0 Å². The van der Waals surface area contributed by atoms with E-state index in [0.717, 1.165) is 26.4 Å². The Kier molecular flexibility index (Phi) is 5.64. The van der Waals surface area contributed by atoms with E-state index in [-0.39, 0.29) is 21.7 Å². The van der Waals surface area contributed by atoms with E-state index >= 15 is 0 Å². The number of methoxy groups -OCH3 is 2. The van der Waals surface area contributed by atoms with Gasteiger partial charge in [-0.15, -0.1) is 0 Å². The minimum atomic E-state index is -4.14. The molecule has 1 aromatic heterocycles. The van der Waals surface area contributed by atoms with Crippen molar-refractivity contribution in [2.45, 2.75) is 4.90 Å². The topological polar surface area (TPSA) is 125 Å². The molecule has 1 heterocycles. The molecule has 0 fully saturated rings. The fourth-order valence-corrected chi connectivity index (χ4v) is 3.65. The summed E-state index contributed by atoms with van der Waals surface area (Å²) >= 11 is 0. The van der Waals surface area contributed by atoms with Gasteiger partial charge in [-0.1, -0.05) is 12.1 Å². The van der Waals surface area contributed by atoms with Gasteiger partial charge in [0.25, 0.3) is 10.0 Å². The van der Waals surface area contributed by atoms with Gasteiger partial charge < -0.3 is 13.9 Å². The van der Waals surface area contributed by atoms with E-state index in [2.05, 4.69) is 19.2 Å². The molecule has 9 nitrogen and oxygen atoms in total. The molecule has 0 aliphatic heterocycles. The van der Waals surface area contributed by atoms with Crippen LogP contribution in [0.1, 0.15) is 20.7 Å². The Balaban J connectivity index is 2.00. The smallest absolute Gasteiger partial charge is 0.337 e. The van der Waals surface area contributed by atoms with Crippen molar-refractivity contribution in [1.82, 2.24) is 4.98 Å². The van der Waals surface area contributed by atoms with Crippen LogP contribution in [0.4, 0.5) is 5.69 Å². The number of carbonyl (C=O) groups excluding carboxylic acids is 2. The number of hydrogen-bond donors (Lipinski definition) is 1. The fraction of sp³-hybridized carbons (Fsp3) is 0.105. The first kappa shape index (κ1) is 20.1. The highest BCUT2D eigenvalue weighted by atomic mass is 32.2. The summed E-state index contributed by atoms with van der Waals surface area (Å²) in [7, 11) is -1.84. The number of aromatic nitrogens is 1. The number of benzene rings is 2. The van der Waals surface area contributed by atoms with Crippen molar-refractivity contribution in [1.29, 1.82) is 0 Å². The van der Waals surface area contributed by atoms with Crippen LogP contribution in [-0.4, -0.2) is 39.6 Å². The van der Waals surface area contributed by atoms with Gasteiger partial charge in [-0.3, -0.25) is 4.72 Å². The predicted molar refractivity (Wildman–Crippen MR) is 102 cm³/mol. The molecule has 0 saturated heterocycles. The molecule has 0 atom stereocenters. The molecule has 0 unspecified atom stereocenters. The van der Waals surface area contributed by atoms with Gasteiger partial charge in [0.1, 0.15) is 0 Å². The van der Waals surface area contributed by atoms with Crippen molar-refractivity contribution in [3.63, 3.8) is 0 Å². The van der Waals surface area contributed by atoms with Gasteiger partial charge in [-0.05, 0) is 30.3 Å². The van der Waals surface area contributed by atoms with E-state index in [1.54, 1.807) is 24.3 Å². The van der Waals surface area contributed by atoms with Crippen LogP contribution in [0.2, 0.25) is 0 Å². The molecule has 150 valence electrons. The Labute approximate surface area is 166 Å². The highest BCUT2D eigenvalue weighted by molar-refractivity contribution is 7.92. The average Bonchev–Trinajstić information content (AvgIpc) is 3.27. The number of nitrogens with zero attached hydrogens (tertiary/aromatic N) is 1. The number of nitrogens with one attached hydrogen (secondary N) is 1. The SMILES string of the molecule is COC(=O)c1cc(C(=O)OC)cc(S(=O)(=O)Nc2cccc(-c3cnco3)c2)c1. The Hall–Kier alpha value is -3.66. The van der Waals surface area contributed by atoms with Crippen LogP contribution in [0.25, 0.3) is 11.3 Å². The summed E-state index contributed by atoms with van der Waals surface area (Å²) in [5.41, 5.74) is 0.653. The molecule has 2 aromatic carbocycles. The Bertz CT molecular complexity index is 1120. The second-order valence-electron chi connectivity index (χ2n) is 5.78. The number of sulfonamides is 1. The Morgan fingerprint density at radius 1 is 1.00 bits per heavy atom. The van der Waals surface area contributed by atoms with E-state index in [1.807, 2.05) is 0 Å². The molecule has 0 radical (unpaired) electrons. The van der Waals surface area contributed by atoms with Crippen molar-refractivity contribution in [2.24, 2.45) is 0 Å². The van der Waals surface area contributed by atoms with E-state index in [1.165, 1.54) is 18.7 Å². The van der Waals surface area contributed by atoms with Gasteiger partial charge >= 0.3 is 11.9 Å².